The molecule has 4 nitrogen and oxygen atoms in total. The molecule has 5 heteroatoms. The second-order valence-corrected chi connectivity index (χ2v) is 5.55. The molecule has 1 aromatic heterocycles. The molecule has 0 bridgehead atoms. The van der Waals surface area contributed by atoms with E-state index in [0.29, 0.717) is 5.56 Å². The van der Waals surface area contributed by atoms with Crippen LogP contribution in [-0.2, 0) is 13.0 Å². The van der Waals surface area contributed by atoms with Gasteiger partial charge in [0.25, 0.3) is 5.91 Å². The summed E-state index contributed by atoms with van der Waals surface area (Å²) in [6.07, 6.45) is 0.864. The molecule has 0 radical (unpaired) electrons. The molecule has 0 atom stereocenters. The standard InChI is InChI=1S/C15H15BrN2O2/c1-20-12-4-2-10(3-5-12)15(19)18-13-6-7-17-9-11(13)8-14(18)16/h2-5,8,17H,6-7,9H2,1H3. The van der Waals surface area contributed by atoms with Crippen molar-refractivity contribution in [2.24, 2.45) is 0 Å². The molecule has 1 aliphatic rings. The van der Waals surface area contributed by atoms with Crippen molar-refractivity contribution in [3.05, 3.63) is 51.8 Å². The molecular formula is C15H15BrN2O2. The monoisotopic (exact) mass is 334 g/mol. The largest absolute Gasteiger partial charge is 0.497 e. The zero-order valence-electron chi connectivity index (χ0n) is 11.1. The Labute approximate surface area is 125 Å². The first kappa shape index (κ1) is 13.4. The van der Waals surface area contributed by atoms with Crippen LogP contribution in [0.15, 0.2) is 34.9 Å². The van der Waals surface area contributed by atoms with Crippen LogP contribution in [0.25, 0.3) is 0 Å². The van der Waals surface area contributed by atoms with Gasteiger partial charge in [0.2, 0.25) is 0 Å². The second kappa shape index (κ2) is 5.42. The average Bonchev–Trinajstić information content (AvgIpc) is 2.82. The van der Waals surface area contributed by atoms with E-state index >= 15 is 0 Å². The Morgan fingerprint density at radius 3 is 2.80 bits per heavy atom. The number of ether oxygens (including phenoxy) is 1. The van der Waals surface area contributed by atoms with Crippen LogP contribution in [0, 0.1) is 0 Å². The van der Waals surface area contributed by atoms with Crippen molar-refractivity contribution in [1.82, 2.24) is 9.88 Å². The van der Waals surface area contributed by atoms with E-state index in [2.05, 4.69) is 21.2 Å². The van der Waals surface area contributed by atoms with Crippen molar-refractivity contribution in [3.63, 3.8) is 0 Å². The third kappa shape index (κ3) is 2.27. The smallest absolute Gasteiger partial charge is 0.263 e. The highest BCUT2D eigenvalue weighted by atomic mass is 79.9. The summed E-state index contributed by atoms with van der Waals surface area (Å²) in [5.41, 5.74) is 2.94. The fraction of sp³-hybridized carbons (Fsp3) is 0.267. The molecule has 0 spiro atoms. The van der Waals surface area contributed by atoms with Crippen molar-refractivity contribution < 1.29 is 9.53 Å². The molecule has 1 N–H and O–H groups in total. The van der Waals surface area contributed by atoms with Crippen molar-refractivity contribution >= 4 is 21.8 Å². The first-order chi connectivity index (χ1) is 9.70. The highest BCUT2D eigenvalue weighted by molar-refractivity contribution is 9.10. The van der Waals surface area contributed by atoms with E-state index in [4.69, 9.17) is 4.74 Å². The Bertz CT molecular complexity index is 647. The van der Waals surface area contributed by atoms with Crippen molar-refractivity contribution in [3.8, 4) is 5.75 Å². The molecule has 0 fully saturated rings. The van der Waals surface area contributed by atoms with Gasteiger partial charge in [-0.05, 0) is 51.8 Å². The van der Waals surface area contributed by atoms with E-state index in [9.17, 15) is 4.79 Å². The minimum atomic E-state index is -0.0114. The number of nitrogens with one attached hydrogen (secondary N) is 1. The van der Waals surface area contributed by atoms with Crippen molar-refractivity contribution in [1.29, 1.82) is 0 Å². The summed E-state index contributed by atoms with van der Waals surface area (Å²) in [6, 6.07) is 9.21. The van der Waals surface area contributed by atoms with Crippen LogP contribution in [0.1, 0.15) is 21.6 Å². The zero-order valence-corrected chi connectivity index (χ0v) is 12.7. The predicted octanol–water partition coefficient (Wildman–Crippen LogP) is 2.59. The number of carbonyl (C=O) groups is 1. The number of hydrogen-bond donors (Lipinski definition) is 1. The molecule has 0 aliphatic carbocycles. The van der Waals surface area contributed by atoms with Crippen LogP contribution in [0.3, 0.4) is 0 Å². The average molecular weight is 335 g/mol. The number of benzene rings is 1. The molecule has 3 rings (SSSR count). The Balaban J connectivity index is 1.99. The number of carbonyl (C=O) groups excluding carboxylic acids is 1. The fourth-order valence-electron chi connectivity index (χ4n) is 2.50. The summed E-state index contributed by atoms with van der Waals surface area (Å²) < 4.78 is 7.69. The molecule has 1 aromatic carbocycles. The van der Waals surface area contributed by atoms with E-state index in [1.807, 2.05) is 6.07 Å². The van der Waals surface area contributed by atoms with Gasteiger partial charge >= 0.3 is 0 Å². The normalized spacial score (nSPS) is 13.9. The van der Waals surface area contributed by atoms with Crippen molar-refractivity contribution in [2.45, 2.75) is 13.0 Å². The van der Waals surface area contributed by atoms with Gasteiger partial charge in [-0.25, -0.2) is 0 Å². The van der Waals surface area contributed by atoms with Gasteiger partial charge in [-0.15, -0.1) is 0 Å². The summed E-state index contributed by atoms with van der Waals surface area (Å²) in [7, 11) is 1.61. The maximum absolute atomic E-state index is 12.7. The van der Waals surface area contributed by atoms with Gasteiger partial charge in [0.05, 0.1) is 11.7 Å². The summed E-state index contributed by atoms with van der Waals surface area (Å²) in [5.74, 6) is 0.738. The minimum Gasteiger partial charge on any atom is -0.497 e. The Morgan fingerprint density at radius 1 is 1.35 bits per heavy atom. The minimum absolute atomic E-state index is 0.0114. The first-order valence-electron chi connectivity index (χ1n) is 6.49. The number of fused-ring (bicyclic) bond motifs is 1. The van der Waals surface area contributed by atoms with Crippen LogP contribution in [0.4, 0.5) is 0 Å². The van der Waals surface area contributed by atoms with Gasteiger partial charge in [0.1, 0.15) is 5.75 Å². The molecule has 1 aliphatic heterocycles. The summed E-state index contributed by atoms with van der Waals surface area (Å²) in [5, 5.41) is 3.31. The molecule has 0 amide bonds. The lowest BCUT2D eigenvalue weighted by Crippen LogP contribution is -2.26. The van der Waals surface area contributed by atoms with Crippen LogP contribution in [-0.4, -0.2) is 24.1 Å². The summed E-state index contributed by atoms with van der Waals surface area (Å²) in [4.78, 5) is 12.7. The molecule has 0 saturated carbocycles. The fourth-order valence-corrected chi connectivity index (χ4v) is 3.15. The van der Waals surface area contributed by atoms with Crippen LogP contribution in [0.5, 0.6) is 5.75 Å². The lowest BCUT2D eigenvalue weighted by molar-refractivity contribution is 0.0954. The Hall–Kier alpha value is -1.59. The lowest BCUT2D eigenvalue weighted by atomic mass is 10.1. The molecule has 2 heterocycles. The first-order valence-corrected chi connectivity index (χ1v) is 7.28. The van der Waals surface area contributed by atoms with Crippen molar-refractivity contribution in [2.75, 3.05) is 13.7 Å². The summed E-state index contributed by atoms with van der Waals surface area (Å²) in [6.45, 7) is 1.72. The van der Waals surface area contributed by atoms with E-state index in [-0.39, 0.29) is 5.91 Å². The number of methoxy groups -OCH3 is 1. The lowest BCUT2D eigenvalue weighted by Gasteiger charge is -2.16. The molecule has 104 valence electrons. The number of aromatic nitrogens is 1. The molecule has 0 saturated heterocycles. The highest BCUT2D eigenvalue weighted by Gasteiger charge is 2.21. The van der Waals surface area contributed by atoms with Crippen LogP contribution < -0.4 is 10.1 Å². The topological polar surface area (TPSA) is 43.3 Å². The quantitative estimate of drug-likeness (QED) is 0.917. The maximum Gasteiger partial charge on any atom is 0.263 e. The summed E-state index contributed by atoms with van der Waals surface area (Å²) >= 11 is 3.49. The number of halogens is 1. The Kier molecular flexibility index (Phi) is 3.63. The Morgan fingerprint density at radius 2 is 2.10 bits per heavy atom. The second-order valence-electron chi connectivity index (χ2n) is 4.73. The van der Waals surface area contributed by atoms with Gasteiger partial charge in [0.15, 0.2) is 0 Å². The van der Waals surface area contributed by atoms with Gasteiger partial charge in [-0.2, -0.15) is 0 Å². The number of rotatable bonds is 2. The highest BCUT2D eigenvalue weighted by Crippen LogP contribution is 2.25. The third-order valence-corrected chi connectivity index (χ3v) is 4.13. The van der Waals surface area contributed by atoms with Gasteiger partial charge in [-0.3, -0.25) is 9.36 Å². The molecular weight excluding hydrogens is 320 g/mol. The van der Waals surface area contributed by atoms with Crippen LogP contribution >= 0.6 is 15.9 Å². The molecule has 0 unspecified atom stereocenters. The molecule has 2 aromatic rings. The number of nitrogens with zero attached hydrogens (tertiary/aromatic N) is 1. The van der Waals surface area contributed by atoms with Crippen LogP contribution in [0.2, 0.25) is 0 Å². The van der Waals surface area contributed by atoms with Gasteiger partial charge in [-0.1, -0.05) is 0 Å². The predicted molar refractivity (Wildman–Crippen MR) is 80.3 cm³/mol. The van der Waals surface area contributed by atoms with Gasteiger partial charge < -0.3 is 10.1 Å². The van der Waals surface area contributed by atoms with Gasteiger partial charge in [0, 0.05) is 30.8 Å². The SMILES string of the molecule is COc1ccc(C(=O)n2c(Br)cc3c2CCNC3)cc1. The molecule has 20 heavy (non-hydrogen) atoms. The van der Waals surface area contributed by atoms with E-state index in [1.54, 1.807) is 35.9 Å². The maximum atomic E-state index is 12.7. The zero-order chi connectivity index (χ0) is 14.1. The van der Waals surface area contributed by atoms with E-state index in [0.717, 1.165) is 35.6 Å². The van der Waals surface area contributed by atoms with E-state index in [1.165, 1.54) is 5.56 Å². The number of hydrogen-bond acceptors (Lipinski definition) is 3. The third-order valence-electron chi connectivity index (χ3n) is 3.54. The van der Waals surface area contributed by atoms with E-state index < -0.39 is 0 Å².